The SMILES string of the molecule is CNC(Cc1ncccc1C)c1cc(Br)cc(Br)c1. The second-order valence-corrected chi connectivity index (χ2v) is 6.35. The Morgan fingerprint density at radius 2 is 1.89 bits per heavy atom. The van der Waals surface area contributed by atoms with Crippen molar-refractivity contribution < 1.29 is 0 Å². The van der Waals surface area contributed by atoms with E-state index in [-0.39, 0.29) is 6.04 Å². The van der Waals surface area contributed by atoms with Crippen LogP contribution in [-0.2, 0) is 6.42 Å². The number of aromatic nitrogens is 1. The van der Waals surface area contributed by atoms with Crippen LogP contribution < -0.4 is 5.32 Å². The smallest absolute Gasteiger partial charge is 0.0451 e. The number of benzene rings is 1. The largest absolute Gasteiger partial charge is 0.313 e. The Morgan fingerprint density at radius 3 is 2.47 bits per heavy atom. The summed E-state index contributed by atoms with van der Waals surface area (Å²) in [7, 11) is 1.98. The topological polar surface area (TPSA) is 24.9 Å². The van der Waals surface area contributed by atoms with Gasteiger partial charge in [0.2, 0.25) is 0 Å². The molecule has 1 aromatic carbocycles. The molecule has 0 aliphatic heterocycles. The van der Waals surface area contributed by atoms with Crippen LogP contribution >= 0.6 is 31.9 Å². The molecule has 1 atom stereocenters. The first-order valence-electron chi connectivity index (χ1n) is 6.14. The van der Waals surface area contributed by atoms with Crippen molar-refractivity contribution in [3.05, 3.63) is 62.3 Å². The minimum atomic E-state index is 0.252. The van der Waals surface area contributed by atoms with Crippen LogP contribution in [0.1, 0.15) is 22.9 Å². The fourth-order valence-electron chi connectivity index (χ4n) is 2.09. The van der Waals surface area contributed by atoms with Gasteiger partial charge in [-0.2, -0.15) is 0 Å². The first-order chi connectivity index (χ1) is 9.10. The highest BCUT2D eigenvalue weighted by molar-refractivity contribution is 9.11. The van der Waals surface area contributed by atoms with Gasteiger partial charge in [-0.25, -0.2) is 0 Å². The van der Waals surface area contributed by atoms with E-state index in [1.54, 1.807) is 0 Å². The Bertz CT molecular complexity index is 550. The Balaban J connectivity index is 2.28. The van der Waals surface area contributed by atoms with Crippen LogP contribution in [0, 0.1) is 6.92 Å². The van der Waals surface area contributed by atoms with Crippen LogP contribution in [0.2, 0.25) is 0 Å². The van der Waals surface area contributed by atoms with Gasteiger partial charge in [-0.05, 0) is 49.4 Å². The number of pyridine rings is 1. The third-order valence-corrected chi connectivity index (χ3v) is 4.07. The molecule has 0 saturated heterocycles. The molecule has 2 rings (SSSR count). The highest BCUT2D eigenvalue weighted by Crippen LogP contribution is 2.26. The summed E-state index contributed by atoms with van der Waals surface area (Å²) in [6, 6.07) is 10.7. The van der Waals surface area contributed by atoms with E-state index in [4.69, 9.17) is 0 Å². The average molecular weight is 384 g/mol. The number of hydrogen-bond donors (Lipinski definition) is 1. The molecule has 100 valence electrons. The van der Waals surface area contributed by atoms with E-state index in [1.807, 2.05) is 25.4 Å². The molecule has 1 N–H and O–H groups in total. The van der Waals surface area contributed by atoms with E-state index in [9.17, 15) is 0 Å². The summed E-state index contributed by atoms with van der Waals surface area (Å²) in [5.41, 5.74) is 3.61. The molecule has 0 spiro atoms. The van der Waals surface area contributed by atoms with Gasteiger partial charge in [-0.1, -0.05) is 37.9 Å². The van der Waals surface area contributed by atoms with Crippen molar-refractivity contribution in [1.29, 1.82) is 0 Å². The zero-order valence-electron chi connectivity index (χ0n) is 11.0. The molecule has 0 amide bonds. The lowest BCUT2D eigenvalue weighted by atomic mass is 10.00. The van der Waals surface area contributed by atoms with E-state index >= 15 is 0 Å². The molecule has 0 fully saturated rings. The summed E-state index contributed by atoms with van der Waals surface area (Å²) in [6.45, 7) is 2.10. The standard InChI is InChI=1S/C15H16Br2N2/c1-10-4-3-5-19-14(10)9-15(18-2)11-6-12(16)8-13(17)7-11/h3-8,15,18H,9H2,1-2H3. The number of hydrogen-bond acceptors (Lipinski definition) is 2. The maximum absolute atomic E-state index is 4.47. The van der Waals surface area contributed by atoms with E-state index in [0.717, 1.165) is 21.1 Å². The summed E-state index contributed by atoms with van der Waals surface area (Å²) in [4.78, 5) is 4.47. The Morgan fingerprint density at radius 1 is 1.21 bits per heavy atom. The molecule has 1 aromatic heterocycles. The number of nitrogens with zero attached hydrogens (tertiary/aromatic N) is 1. The van der Waals surface area contributed by atoms with E-state index < -0.39 is 0 Å². The third-order valence-electron chi connectivity index (χ3n) is 3.15. The van der Waals surface area contributed by atoms with E-state index in [1.165, 1.54) is 11.1 Å². The van der Waals surface area contributed by atoms with Crippen molar-refractivity contribution in [2.75, 3.05) is 7.05 Å². The monoisotopic (exact) mass is 382 g/mol. The maximum atomic E-state index is 4.47. The van der Waals surface area contributed by atoms with Crippen LogP contribution in [0.5, 0.6) is 0 Å². The molecule has 4 heteroatoms. The van der Waals surface area contributed by atoms with Gasteiger partial charge in [0.15, 0.2) is 0 Å². The van der Waals surface area contributed by atoms with Gasteiger partial charge >= 0.3 is 0 Å². The summed E-state index contributed by atoms with van der Waals surface area (Å²) >= 11 is 7.07. The summed E-state index contributed by atoms with van der Waals surface area (Å²) in [5.74, 6) is 0. The van der Waals surface area contributed by atoms with Gasteiger partial charge in [-0.3, -0.25) is 4.98 Å². The molecule has 0 saturated carbocycles. The lowest BCUT2D eigenvalue weighted by molar-refractivity contribution is 0.582. The molecule has 1 unspecified atom stereocenters. The highest BCUT2D eigenvalue weighted by Gasteiger charge is 2.13. The van der Waals surface area contributed by atoms with Gasteiger partial charge < -0.3 is 5.32 Å². The zero-order valence-corrected chi connectivity index (χ0v) is 14.1. The minimum absolute atomic E-state index is 0.252. The molecule has 0 aliphatic rings. The predicted octanol–water partition coefficient (Wildman–Crippen LogP) is 4.42. The van der Waals surface area contributed by atoms with Gasteiger partial charge in [0, 0.05) is 33.3 Å². The van der Waals surface area contributed by atoms with Crippen LogP contribution in [0.25, 0.3) is 0 Å². The van der Waals surface area contributed by atoms with Crippen LogP contribution in [0.4, 0.5) is 0 Å². The first-order valence-corrected chi connectivity index (χ1v) is 7.72. The molecule has 0 bridgehead atoms. The third kappa shape index (κ3) is 3.88. The fraction of sp³-hybridized carbons (Fsp3) is 0.267. The Kier molecular flexibility index (Phi) is 5.13. The highest BCUT2D eigenvalue weighted by atomic mass is 79.9. The molecule has 0 aliphatic carbocycles. The first kappa shape index (κ1) is 14.7. The quantitative estimate of drug-likeness (QED) is 0.845. The summed E-state index contributed by atoms with van der Waals surface area (Å²) in [6.07, 6.45) is 2.73. The molecule has 1 heterocycles. The van der Waals surface area contributed by atoms with Gasteiger partial charge in [0.05, 0.1) is 0 Å². The zero-order chi connectivity index (χ0) is 13.8. The van der Waals surface area contributed by atoms with Crippen molar-refractivity contribution in [3.63, 3.8) is 0 Å². The van der Waals surface area contributed by atoms with Crippen LogP contribution in [0.15, 0.2) is 45.5 Å². The van der Waals surface area contributed by atoms with Crippen LogP contribution in [-0.4, -0.2) is 12.0 Å². The van der Waals surface area contributed by atoms with Crippen molar-refractivity contribution in [1.82, 2.24) is 10.3 Å². The van der Waals surface area contributed by atoms with Gasteiger partial charge in [0.1, 0.15) is 0 Å². The second-order valence-electron chi connectivity index (χ2n) is 4.52. The number of likely N-dealkylation sites (N-methyl/N-ethyl adjacent to an activating group) is 1. The second kappa shape index (κ2) is 6.64. The molecular weight excluding hydrogens is 368 g/mol. The Hall–Kier alpha value is -0.710. The van der Waals surface area contributed by atoms with Gasteiger partial charge in [0.25, 0.3) is 0 Å². The minimum Gasteiger partial charge on any atom is -0.313 e. The molecule has 2 aromatic rings. The van der Waals surface area contributed by atoms with Crippen molar-refractivity contribution >= 4 is 31.9 Å². The number of aryl methyl sites for hydroxylation is 1. The molecule has 19 heavy (non-hydrogen) atoms. The number of halogens is 2. The van der Waals surface area contributed by atoms with Gasteiger partial charge in [-0.15, -0.1) is 0 Å². The number of rotatable bonds is 4. The summed E-state index contributed by atoms with van der Waals surface area (Å²) < 4.78 is 2.16. The van der Waals surface area contributed by atoms with Crippen molar-refractivity contribution in [3.8, 4) is 0 Å². The van der Waals surface area contributed by atoms with Crippen LogP contribution in [0.3, 0.4) is 0 Å². The number of nitrogens with one attached hydrogen (secondary N) is 1. The average Bonchev–Trinajstić information content (AvgIpc) is 2.36. The lowest BCUT2D eigenvalue weighted by Crippen LogP contribution is -2.19. The lowest BCUT2D eigenvalue weighted by Gasteiger charge is -2.18. The van der Waals surface area contributed by atoms with Crippen molar-refractivity contribution in [2.45, 2.75) is 19.4 Å². The normalized spacial score (nSPS) is 12.4. The fourth-order valence-corrected chi connectivity index (χ4v) is 3.42. The Labute approximate surface area is 130 Å². The summed E-state index contributed by atoms with van der Waals surface area (Å²) in [5, 5.41) is 3.37. The van der Waals surface area contributed by atoms with E-state index in [2.05, 4.69) is 67.3 Å². The molecule has 2 nitrogen and oxygen atoms in total. The van der Waals surface area contributed by atoms with Crippen molar-refractivity contribution in [2.24, 2.45) is 0 Å². The predicted molar refractivity (Wildman–Crippen MR) is 86.3 cm³/mol. The van der Waals surface area contributed by atoms with E-state index in [0.29, 0.717) is 0 Å². The molecule has 0 radical (unpaired) electrons. The molecular formula is C15H16Br2N2. The maximum Gasteiger partial charge on any atom is 0.0451 e.